The van der Waals surface area contributed by atoms with Crippen LogP contribution in [0.5, 0.6) is 0 Å². The van der Waals surface area contributed by atoms with Crippen LogP contribution in [0.25, 0.3) is 0 Å². The van der Waals surface area contributed by atoms with Crippen molar-refractivity contribution in [3.8, 4) is 0 Å². The van der Waals surface area contributed by atoms with E-state index in [9.17, 15) is 14.9 Å². The van der Waals surface area contributed by atoms with Crippen LogP contribution in [0.3, 0.4) is 0 Å². The minimum atomic E-state index is -0.539. The van der Waals surface area contributed by atoms with Crippen LogP contribution >= 0.6 is 0 Å². The fraction of sp³-hybridized carbons (Fsp3) is 0.533. The third kappa shape index (κ3) is 5.41. The summed E-state index contributed by atoms with van der Waals surface area (Å²) in [4.78, 5) is 22.3. The van der Waals surface area contributed by atoms with Gasteiger partial charge in [0.25, 0.3) is 11.6 Å². The van der Waals surface area contributed by atoms with E-state index in [0.717, 1.165) is 19.3 Å². The highest BCUT2D eigenvalue weighted by atomic mass is 16.6. The van der Waals surface area contributed by atoms with Gasteiger partial charge in [0.05, 0.1) is 10.5 Å². The molecule has 1 rings (SSSR count). The molecule has 1 amide bonds. The Kier molecular flexibility index (Phi) is 6.14. The summed E-state index contributed by atoms with van der Waals surface area (Å²) < 4.78 is 0. The number of benzene rings is 1. The molecule has 0 saturated carbocycles. The van der Waals surface area contributed by atoms with Gasteiger partial charge in [0.2, 0.25) is 0 Å². The molecule has 6 heteroatoms. The summed E-state index contributed by atoms with van der Waals surface area (Å²) in [6.45, 7) is 6.24. The lowest BCUT2D eigenvalue weighted by atomic mass is 10.0. The molecular weight excluding hydrogens is 270 g/mol. The van der Waals surface area contributed by atoms with Crippen molar-refractivity contribution in [2.75, 3.05) is 5.73 Å². The number of nitro groups is 1. The van der Waals surface area contributed by atoms with E-state index in [1.165, 1.54) is 18.2 Å². The summed E-state index contributed by atoms with van der Waals surface area (Å²) >= 11 is 0. The van der Waals surface area contributed by atoms with Crippen molar-refractivity contribution in [2.45, 2.75) is 46.1 Å². The van der Waals surface area contributed by atoms with E-state index in [1.54, 1.807) is 0 Å². The van der Waals surface area contributed by atoms with Gasteiger partial charge in [-0.15, -0.1) is 0 Å². The van der Waals surface area contributed by atoms with E-state index < -0.39 is 4.92 Å². The van der Waals surface area contributed by atoms with Crippen molar-refractivity contribution in [2.24, 2.45) is 5.92 Å². The fourth-order valence-corrected chi connectivity index (χ4v) is 2.06. The second kappa shape index (κ2) is 7.61. The molecular formula is C15H23N3O3. The standard InChI is InChI=1S/C15H23N3O3/c1-10(2)5-4-6-11(3)17-15(19)13-9-12(18(20)21)7-8-14(13)16/h7-11H,4-6,16H2,1-3H3,(H,17,19). The number of nitrogens with zero attached hydrogens (tertiary/aromatic N) is 1. The fourth-order valence-electron chi connectivity index (χ4n) is 2.06. The number of carbonyl (C=O) groups is 1. The first-order valence-electron chi connectivity index (χ1n) is 7.16. The van der Waals surface area contributed by atoms with Crippen LogP contribution < -0.4 is 11.1 Å². The van der Waals surface area contributed by atoms with Gasteiger partial charge in [-0.1, -0.05) is 26.7 Å². The third-order valence-electron chi connectivity index (χ3n) is 3.29. The summed E-state index contributed by atoms with van der Waals surface area (Å²) in [5, 5.41) is 13.6. The van der Waals surface area contributed by atoms with E-state index in [4.69, 9.17) is 5.73 Å². The monoisotopic (exact) mass is 293 g/mol. The summed E-state index contributed by atoms with van der Waals surface area (Å²) in [5.41, 5.74) is 5.98. The molecule has 6 nitrogen and oxygen atoms in total. The van der Waals surface area contributed by atoms with Gasteiger partial charge < -0.3 is 11.1 Å². The maximum atomic E-state index is 12.1. The number of carbonyl (C=O) groups excluding carboxylic acids is 1. The van der Waals surface area contributed by atoms with E-state index in [2.05, 4.69) is 19.2 Å². The molecule has 1 atom stereocenters. The number of nitro benzene ring substituents is 1. The third-order valence-corrected chi connectivity index (χ3v) is 3.29. The van der Waals surface area contributed by atoms with Crippen molar-refractivity contribution >= 4 is 17.3 Å². The van der Waals surface area contributed by atoms with Crippen LogP contribution in [-0.2, 0) is 0 Å². The topological polar surface area (TPSA) is 98.3 Å². The second-order valence-corrected chi connectivity index (χ2v) is 5.73. The van der Waals surface area contributed by atoms with Gasteiger partial charge in [0.15, 0.2) is 0 Å². The lowest BCUT2D eigenvalue weighted by Gasteiger charge is -2.15. The Morgan fingerprint density at radius 1 is 1.33 bits per heavy atom. The molecule has 0 saturated heterocycles. The van der Waals surface area contributed by atoms with E-state index in [1.807, 2.05) is 6.92 Å². The lowest BCUT2D eigenvalue weighted by molar-refractivity contribution is -0.384. The Bertz CT molecular complexity index is 515. The summed E-state index contributed by atoms with van der Waals surface area (Å²) in [6, 6.07) is 3.90. The zero-order chi connectivity index (χ0) is 16.0. The molecule has 0 aliphatic heterocycles. The zero-order valence-corrected chi connectivity index (χ0v) is 12.8. The molecule has 0 bridgehead atoms. The van der Waals surface area contributed by atoms with Crippen LogP contribution in [0.15, 0.2) is 18.2 Å². The first-order valence-corrected chi connectivity index (χ1v) is 7.16. The predicted molar refractivity (Wildman–Crippen MR) is 83.1 cm³/mol. The zero-order valence-electron chi connectivity index (χ0n) is 12.8. The highest BCUT2D eigenvalue weighted by Crippen LogP contribution is 2.20. The van der Waals surface area contributed by atoms with Gasteiger partial charge >= 0.3 is 0 Å². The first kappa shape index (κ1) is 16.9. The quantitative estimate of drug-likeness (QED) is 0.458. The van der Waals surface area contributed by atoms with E-state index in [-0.39, 0.29) is 28.9 Å². The van der Waals surface area contributed by atoms with Crippen LogP contribution in [0, 0.1) is 16.0 Å². The molecule has 0 aliphatic rings. The molecule has 21 heavy (non-hydrogen) atoms. The largest absolute Gasteiger partial charge is 0.398 e. The molecule has 0 aliphatic carbocycles. The number of nitrogen functional groups attached to an aromatic ring is 1. The Hall–Kier alpha value is -2.11. The Labute approximate surface area is 124 Å². The van der Waals surface area contributed by atoms with Gasteiger partial charge in [-0.25, -0.2) is 0 Å². The van der Waals surface area contributed by atoms with Crippen LogP contribution in [0.2, 0.25) is 0 Å². The number of amides is 1. The number of nitrogens with one attached hydrogen (secondary N) is 1. The Morgan fingerprint density at radius 3 is 2.57 bits per heavy atom. The molecule has 0 aromatic heterocycles. The molecule has 1 aromatic carbocycles. The maximum Gasteiger partial charge on any atom is 0.270 e. The normalized spacial score (nSPS) is 12.2. The second-order valence-electron chi connectivity index (χ2n) is 5.73. The molecule has 3 N–H and O–H groups in total. The SMILES string of the molecule is CC(C)CCCC(C)NC(=O)c1cc([N+](=O)[O-])ccc1N. The molecule has 0 spiro atoms. The number of hydrogen-bond acceptors (Lipinski definition) is 4. The smallest absolute Gasteiger partial charge is 0.270 e. The van der Waals surface area contributed by atoms with Gasteiger partial charge in [0, 0.05) is 23.9 Å². The van der Waals surface area contributed by atoms with Crippen molar-refractivity contribution in [3.05, 3.63) is 33.9 Å². The van der Waals surface area contributed by atoms with Crippen molar-refractivity contribution in [1.82, 2.24) is 5.32 Å². The van der Waals surface area contributed by atoms with Crippen molar-refractivity contribution in [3.63, 3.8) is 0 Å². The maximum absolute atomic E-state index is 12.1. The Morgan fingerprint density at radius 2 is 2.00 bits per heavy atom. The summed E-state index contributed by atoms with van der Waals surface area (Å²) in [5.74, 6) is 0.272. The average Bonchev–Trinajstić information content (AvgIpc) is 2.38. The molecule has 1 unspecified atom stereocenters. The predicted octanol–water partition coefficient (Wildman–Crippen LogP) is 3.12. The molecule has 0 heterocycles. The van der Waals surface area contributed by atoms with Crippen molar-refractivity contribution < 1.29 is 9.72 Å². The Balaban J connectivity index is 2.66. The first-order chi connectivity index (χ1) is 9.81. The van der Waals surface area contributed by atoms with Crippen LogP contribution in [0.4, 0.5) is 11.4 Å². The van der Waals surface area contributed by atoms with E-state index >= 15 is 0 Å². The van der Waals surface area contributed by atoms with Crippen LogP contribution in [0.1, 0.15) is 50.4 Å². The number of rotatable bonds is 7. The highest BCUT2D eigenvalue weighted by Gasteiger charge is 2.16. The van der Waals surface area contributed by atoms with Gasteiger partial charge in [-0.05, 0) is 25.3 Å². The number of anilines is 1. The van der Waals surface area contributed by atoms with Gasteiger partial charge in [-0.3, -0.25) is 14.9 Å². The average molecular weight is 293 g/mol. The van der Waals surface area contributed by atoms with Crippen molar-refractivity contribution in [1.29, 1.82) is 0 Å². The van der Waals surface area contributed by atoms with Gasteiger partial charge in [-0.2, -0.15) is 0 Å². The minimum absolute atomic E-state index is 0.00918. The summed E-state index contributed by atoms with van der Waals surface area (Å²) in [7, 11) is 0. The number of nitrogens with two attached hydrogens (primary N) is 1. The molecule has 116 valence electrons. The van der Waals surface area contributed by atoms with Gasteiger partial charge in [0.1, 0.15) is 0 Å². The minimum Gasteiger partial charge on any atom is -0.398 e. The molecule has 1 aromatic rings. The molecule has 0 fully saturated rings. The van der Waals surface area contributed by atoms with E-state index in [0.29, 0.717) is 5.92 Å². The van der Waals surface area contributed by atoms with Crippen LogP contribution in [-0.4, -0.2) is 16.9 Å². The summed E-state index contributed by atoms with van der Waals surface area (Å²) in [6.07, 6.45) is 3.02. The highest BCUT2D eigenvalue weighted by molar-refractivity contribution is 5.99. The number of hydrogen-bond donors (Lipinski definition) is 2. The lowest BCUT2D eigenvalue weighted by Crippen LogP contribution is -2.33. The number of non-ortho nitro benzene ring substituents is 1. The molecule has 0 radical (unpaired) electrons.